The van der Waals surface area contributed by atoms with Crippen molar-refractivity contribution < 1.29 is 43.7 Å². The number of aliphatic hydroxyl groups is 1. The van der Waals surface area contributed by atoms with Crippen LogP contribution in [0.25, 0.3) is 0 Å². The van der Waals surface area contributed by atoms with E-state index in [1.54, 1.807) is 35.4 Å². The van der Waals surface area contributed by atoms with E-state index in [0.29, 0.717) is 25.4 Å². The molecule has 4 unspecified atom stereocenters. The molecule has 4 atom stereocenters. The Labute approximate surface area is 192 Å². The molecule has 31 heavy (non-hydrogen) atoms. The quantitative estimate of drug-likeness (QED) is 0.577. The van der Waals surface area contributed by atoms with Crippen LogP contribution >= 0.6 is 0 Å². The van der Waals surface area contributed by atoms with Gasteiger partial charge in [-0.2, -0.15) is 14.2 Å². The van der Waals surface area contributed by atoms with Crippen molar-refractivity contribution in [1.82, 2.24) is 0 Å². The molecule has 0 spiro atoms. The zero-order chi connectivity index (χ0) is 26.1. The molecule has 0 aliphatic carbocycles. The number of ether oxygens (including phenoxy) is 6. The zero-order valence-electron chi connectivity index (χ0n) is 22.6. The minimum atomic E-state index is -0.324. The summed E-state index contributed by atoms with van der Waals surface area (Å²) in [5.41, 5.74) is 0. The van der Waals surface area contributed by atoms with Crippen LogP contribution in [0.4, 0.5) is 0 Å². The Morgan fingerprint density at radius 1 is 0.806 bits per heavy atom. The van der Waals surface area contributed by atoms with E-state index < -0.39 is 0 Å². The molecule has 9 heteroatoms. The number of aliphatic hydroxyl groups excluding tert-OH is 1. The number of hydrogen-bond acceptors (Lipinski definition) is 9. The second-order valence-electron chi connectivity index (χ2n) is 5.67. The van der Waals surface area contributed by atoms with Crippen molar-refractivity contribution in [2.75, 3.05) is 75.7 Å². The minimum Gasteiger partial charge on any atom is -0.857 e. The van der Waals surface area contributed by atoms with Gasteiger partial charge in [-0.1, -0.05) is 13.8 Å². The maximum Gasteiger partial charge on any atom is 0.0781 e. The van der Waals surface area contributed by atoms with E-state index in [2.05, 4.69) is 23.3 Å². The third kappa shape index (κ3) is 106. The highest BCUT2D eigenvalue weighted by atomic mass is 16.6. The molecular formula is C22H54O9-2. The van der Waals surface area contributed by atoms with Crippen molar-refractivity contribution >= 4 is 0 Å². The van der Waals surface area contributed by atoms with Crippen molar-refractivity contribution in [1.29, 1.82) is 0 Å². The molecular weight excluding hydrogens is 408 g/mol. The third-order valence-electron chi connectivity index (χ3n) is 2.50. The van der Waals surface area contributed by atoms with Crippen molar-refractivity contribution in [2.24, 2.45) is 0 Å². The van der Waals surface area contributed by atoms with Crippen molar-refractivity contribution in [2.45, 2.75) is 72.9 Å². The van der Waals surface area contributed by atoms with E-state index in [1.807, 2.05) is 27.7 Å². The maximum atomic E-state index is 8.43. The first-order chi connectivity index (χ1) is 14.8. The third-order valence-corrected chi connectivity index (χ3v) is 2.50. The van der Waals surface area contributed by atoms with Gasteiger partial charge in [-0.05, 0) is 34.6 Å². The molecule has 0 aromatic heterocycles. The summed E-state index contributed by atoms with van der Waals surface area (Å²) in [7, 11) is 8.08. The average molecular weight is 463 g/mol. The molecule has 9 nitrogen and oxygen atoms in total. The van der Waals surface area contributed by atoms with Crippen LogP contribution in [0.5, 0.6) is 0 Å². The van der Waals surface area contributed by atoms with Gasteiger partial charge < -0.3 is 43.7 Å². The number of rotatable bonds is 6. The lowest BCUT2D eigenvalue weighted by Crippen LogP contribution is -2.11. The van der Waals surface area contributed by atoms with E-state index >= 15 is 0 Å². The summed E-state index contributed by atoms with van der Waals surface area (Å²) in [5, 5.41) is 24.9. The minimum absolute atomic E-state index is 0.227. The topological polar surface area (TPSA) is 128 Å². The molecule has 2 heterocycles. The molecule has 198 valence electrons. The fraction of sp³-hybridized carbons (Fsp3) is 1.00. The molecule has 0 saturated carbocycles. The van der Waals surface area contributed by atoms with Gasteiger partial charge in [-0.25, -0.2) is 0 Å². The monoisotopic (exact) mass is 462 g/mol. The zero-order valence-corrected chi connectivity index (χ0v) is 22.6. The maximum absolute atomic E-state index is 8.43. The summed E-state index contributed by atoms with van der Waals surface area (Å²) in [6.07, 6.45) is 1.07. The van der Waals surface area contributed by atoms with E-state index in [1.165, 1.54) is 0 Å². The molecule has 2 rings (SSSR count). The average Bonchev–Trinajstić information content (AvgIpc) is 3.74. The van der Waals surface area contributed by atoms with Crippen LogP contribution in [-0.2, 0) is 28.4 Å². The summed E-state index contributed by atoms with van der Waals surface area (Å²) in [4.78, 5) is 0. The summed E-state index contributed by atoms with van der Waals surface area (Å²) < 4.78 is 28.1. The molecule has 1 N–H and O–H groups in total. The number of methoxy groups -OCH3 is 4. The SMILES string of the molecule is CC.CC1CO1.CC1CO1.CCOC.COCC(C)O.COCC(C)OC.C[O-].C[O-]. The normalized spacial score (nSPS) is 17.8. The van der Waals surface area contributed by atoms with Crippen LogP contribution in [-0.4, -0.2) is 105 Å². The van der Waals surface area contributed by atoms with E-state index in [4.69, 9.17) is 34.3 Å². The summed E-state index contributed by atoms with van der Waals surface area (Å²) >= 11 is 0. The smallest absolute Gasteiger partial charge is 0.0781 e. The number of hydrogen-bond donors (Lipinski definition) is 1. The lowest BCUT2D eigenvalue weighted by atomic mass is 10.4. The van der Waals surface area contributed by atoms with Gasteiger partial charge >= 0.3 is 0 Å². The van der Waals surface area contributed by atoms with Gasteiger partial charge in [0.2, 0.25) is 0 Å². The van der Waals surface area contributed by atoms with Crippen LogP contribution in [0.1, 0.15) is 48.5 Å². The summed E-state index contributed by atoms with van der Waals surface area (Å²) in [6, 6.07) is 0. The first kappa shape index (κ1) is 44.3. The second-order valence-corrected chi connectivity index (χ2v) is 5.67. The first-order valence-electron chi connectivity index (χ1n) is 10.5. The fourth-order valence-corrected chi connectivity index (χ4v) is 0.736. The molecule has 0 amide bonds. The molecule has 0 bridgehead atoms. The highest BCUT2D eigenvalue weighted by Crippen LogP contribution is 2.04. The van der Waals surface area contributed by atoms with Crippen LogP contribution in [0.3, 0.4) is 0 Å². The van der Waals surface area contributed by atoms with Gasteiger partial charge in [0.15, 0.2) is 0 Å². The van der Waals surface area contributed by atoms with E-state index in [9.17, 15) is 0 Å². The predicted octanol–water partition coefficient (Wildman–Crippen LogP) is 1.12. The van der Waals surface area contributed by atoms with Crippen molar-refractivity contribution in [3.63, 3.8) is 0 Å². The highest BCUT2D eigenvalue weighted by molar-refractivity contribution is 4.58. The van der Waals surface area contributed by atoms with Crippen LogP contribution in [0.15, 0.2) is 0 Å². The molecule has 0 radical (unpaired) electrons. The van der Waals surface area contributed by atoms with Crippen LogP contribution in [0.2, 0.25) is 0 Å². The highest BCUT2D eigenvalue weighted by Gasteiger charge is 2.13. The number of epoxide rings is 2. The van der Waals surface area contributed by atoms with Crippen molar-refractivity contribution in [3.8, 4) is 0 Å². The predicted molar refractivity (Wildman–Crippen MR) is 123 cm³/mol. The molecule has 0 aromatic carbocycles. The van der Waals surface area contributed by atoms with E-state index in [0.717, 1.165) is 34.0 Å². The van der Waals surface area contributed by atoms with Gasteiger partial charge in [0.1, 0.15) is 0 Å². The lowest BCUT2D eigenvalue weighted by molar-refractivity contribution is -0.325. The molecule has 2 aliphatic rings. The van der Waals surface area contributed by atoms with E-state index in [-0.39, 0.29) is 12.2 Å². The Morgan fingerprint density at radius 3 is 1.10 bits per heavy atom. The second kappa shape index (κ2) is 47.4. The van der Waals surface area contributed by atoms with Gasteiger partial charge in [0.25, 0.3) is 0 Å². The first-order valence-corrected chi connectivity index (χ1v) is 10.5. The van der Waals surface area contributed by atoms with Gasteiger partial charge in [-0.3, -0.25) is 0 Å². The molecule has 2 saturated heterocycles. The van der Waals surface area contributed by atoms with Gasteiger partial charge in [-0.15, -0.1) is 0 Å². The standard InChI is InChI=1S/C5H12O2.C4H10O2.2C3H6O.C3H8O.C2H6.2CH3O/c1-5(7-3)4-6-2;1-4(5)3-6-2;2*1-3-2-4-3;1-3-4-2;3*1-2/h5H,4H2,1-3H3;4-5H,3H2,1-2H3;2*3H,2H2,1H3;3H2,1-2H3;1-2H3;2*1H3/q;;;;;;2*-1. The van der Waals surface area contributed by atoms with Gasteiger partial charge in [0, 0.05) is 35.0 Å². The Morgan fingerprint density at radius 2 is 1.06 bits per heavy atom. The van der Waals surface area contributed by atoms with Crippen LogP contribution in [0, 0.1) is 0 Å². The molecule has 2 fully saturated rings. The largest absolute Gasteiger partial charge is 0.857 e. The summed E-state index contributed by atoms with van der Waals surface area (Å²) in [6.45, 7) is 17.6. The van der Waals surface area contributed by atoms with Gasteiger partial charge in [0.05, 0.1) is 50.8 Å². The van der Waals surface area contributed by atoms with Crippen LogP contribution < -0.4 is 10.2 Å². The Hall–Kier alpha value is -0.360. The van der Waals surface area contributed by atoms with Crippen molar-refractivity contribution in [3.05, 3.63) is 0 Å². The summed E-state index contributed by atoms with van der Waals surface area (Å²) in [5.74, 6) is 0. The fourth-order valence-electron chi connectivity index (χ4n) is 0.736. The molecule has 2 aliphatic heterocycles. The Balaban J connectivity index is -0.0000000601. The lowest BCUT2D eigenvalue weighted by Gasteiger charge is -2.05. The Kier molecular flexibility index (Phi) is 67.8. The molecule has 0 aromatic rings. The Bertz CT molecular complexity index is 213.